The lowest BCUT2D eigenvalue weighted by Crippen LogP contribution is -2.32. The third-order valence-electron chi connectivity index (χ3n) is 5.25. The van der Waals surface area contributed by atoms with E-state index in [2.05, 4.69) is 10.4 Å². The molecule has 0 radical (unpaired) electrons. The molecule has 3 rings (SSSR count). The van der Waals surface area contributed by atoms with Crippen molar-refractivity contribution in [1.29, 1.82) is 0 Å². The number of nitrogens with one attached hydrogen (secondary N) is 1. The molecule has 0 spiro atoms. The van der Waals surface area contributed by atoms with Gasteiger partial charge in [-0.15, -0.1) is 0 Å². The molecule has 2 aromatic carbocycles. The fourth-order valence-corrected chi connectivity index (χ4v) is 3.44. The summed E-state index contributed by atoms with van der Waals surface area (Å²) >= 11 is 0. The molecule has 190 valence electrons. The predicted octanol–water partition coefficient (Wildman–Crippen LogP) is 2.47. The fraction of sp³-hybridized carbons (Fsp3) is 0.308. The van der Waals surface area contributed by atoms with E-state index in [1.165, 1.54) is 0 Å². The number of aryl methyl sites for hydroxylation is 1. The number of amides is 1. The summed E-state index contributed by atoms with van der Waals surface area (Å²) in [7, 11) is 3.12. The average Bonchev–Trinajstić information content (AvgIpc) is 2.88. The number of para-hydroxylation sites is 1. The second-order valence-electron chi connectivity index (χ2n) is 7.69. The summed E-state index contributed by atoms with van der Waals surface area (Å²) in [6.45, 7) is 3.52. The third-order valence-corrected chi connectivity index (χ3v) is 5.25. The van der Waals surface area contributed by atoms with Crippen molar-refractivity contribution in [1.82, 2.24) is 15.1 Å². The number of esters is 1. The minimum Gasteiger partial charge on any atom is -0.493 e. The number of carbonyl (C=O) groups excluding carboxylic acids is 2. The first-order chi connectivity index (χ1) is 17.4. The van der Waals surface area contributed by atoms with Crippen LogP contribution in [0.2, 0.25) is 0 Å². The van der Waals surface area contributed by atoms with Crippen LogP contribution in [0.25, 0.3) is 5.69 Å². The van der Waals surface area contributed by atoms with Crippen molar-refractivity contribution >= 4 is 11.9 Å². The van der Waals surface area contributed by atoms with Gasteiger partial charge in [-0.1, -0.05) is 24.3 Å². The van der Waals surface area contributed by atoms with Gasteiger partial charge in [0.05, 0.1) is 32.6 Å². The molecular weight excluding hydrogens is 466 g/mol. The predicted molar refractivity (Wildman–Crippen MR) is 132 cm³/mol. The molecule has 3 aromatic rings. The molecule has 1 amide bonds. The fourth-order valence-electron chi connectivity index (χ4n) is 3.44. The Morgan fingerprint density at radius 1 is 1.00 bits per heavy atom. The van der Waals surface area contributed by atoms with Crippen LogP contribution < -0.4 is 25.1 Å². The van der Waals surface area contributed by atoms with E-state index in [1.54, 1.807) is 39.3 Å². The number of ether oxygens (including phenoxy) is 4. The van der Waals surface area contributed by atoms with Gasteiger partial charge < -0.3 is 24.3 Å². The van der Waals surface area contributed by atoms with Crippen molar-refractivity contribution in [2.45, 2.75) is 20.3 Å². The topological polar surface area (TPSA) is 118 Å². The van der Waals surface area contributed by atoms with Crippen molar-refractivity contribution in [3.05, 3.63) is 75.7 Å². The lowest BCUT2D eigenvalue weighted by Gasteiger charge is -2.14. The number of methoxy groups -OCH3 is 2. The zero-order chi connectivity index (χ0) is 26.1. The highest BCUT2D eigenvalue weighted by molar-refractivity contribution is 5.90. The first-order valence-corrected chi connectivity index (χ1v) is 11.4. The van der Waals surface area contributed by atoms with E-state index in [-0.39, 0.29) is 18.1 Å². The standard InChI is InChI=1S/C26H29N3O7/c1-5-35-26(32)25-22(15-24(31)29(28-25)19-9-7-6-8-17(19)2)36-16-23(30)27-13-12-18-10-11-20(33-3)21(14-18)34-4/h6-11,14-15H,5,12-13,16H2,1-4H3,(H,27,30). The number of hydrogen-bond donors (Lipinski definition) is 1. The van der Waals surface area contributed by atoms with Gasteiger partial charge in [0.1, 0.15) is 0 Å². The smallest absolute Gasteiger partial charge is 0.362 e. The Labute approximate surface area is 208 Å². The van der Waals surface area contributed by atoms with Gasteiger partial charge >= 0.3 is 5.97 Å². The van der Waals surface area contributed by atoms with E-state index in [1.807, 2.05) is 31.2 Å². The number of hydrogen-bond acceptors (Lipinski definition) is 8. The van der Waals surface area contributed by atoms with Crippen LogP contribution >= 0.6 is 0 Å². The maximum Gasteiger partial charge on any atom is 0.362 e. The van der Waals surface area contributed by atoms with Gasteiger partial charge in [-0.25, -0.2) is 4.79 Å². The summed E-state index contributed by atoms with van der Waals surface area (Å²) in [6.07, 6.45) is 0.550. The molecule has 0 fully saturated rings. The van der Waals surface area contributed by atoms with Crippen LogP contribution in [0, 0.1) is 6.92 Å². The number of benzene rings is 2. The maximum atomic E-state index is 12.7. The molecule has 0 unspecified atom stereocenters. The second kappa shape index (κ2) is 12.4. The van der Waals surface area contributed by atoms with E-state index in [0.717, 1.165) is 21.9 Å². The van der Waals surface area contributed by atoms with Crippen LogP contribution in [0.3, 0.4) is 0 Å². The van der Waals surface area contributed by atoms with Gasteiger partial charge in [-0.3, -0.25) is 9.59 Å². The zero-order valence-electron chi connectivity index (χ0n) is 20.7. The van der Waals surface area contributed by atoms with Crippen LogP contribution in [-0.2, 0) is 16.0 Å². The normalized spacial score (nSPS) is 10.4. The highest BCUT2D eigenvalue weighted by Gasteiger charge is 2.21. The molecule has 0 aliphatic heterocycles. The highest BCUT2D eigenvalue weighted by Crippen LogP contribution is 2.27. The molecule has 0 aliphatic carbocycles. The van der Waals surface area contributed by atoms with Crippen molar-refractivity contribution in [2.75, 3.05) is 34.0 Å². The van der Waals surface area contributed by atoms with Crippen LogP contribution in [0.4, 0.5) is 0 Å². The first-order valence-electron chi connectivity index (χ1n) is 11.4. The molecular formula is C26H29N3O7. The lowest BCUT2D eigenvalue weighted by atomic mass is 10.1. The van der Waals surface area contributed by atoms with E-state index in [0.29, 0.717) is 30.2 Å². The highest BCUT2D eigenvalue weighted by atomic mass is 16.5. The summed E-state index contributed by atoms with van der Waals surface area (Å²) < 4.78 is 22.2. The second-order valence-corrected chi connectivity index (χ2v) is 7.69. The molecule has 0 bridgehead atoms. The Bertz CT molecular complexity index is 1290. The quantitative estimate of drug-likeness (QED) is 0.403. The minimum atomic E-state index is -0.760. The van der Waals surface area contributed by atoms with Crippen LogP contribution in [0.1, 0.15) is 28.5 Å². The van der Waals surface area contributed by atoms with Gasteiger partial charge in [-0.2, -0.15) is 9.78 Å². The van der Waals surface area contributed by atoms with Crippen molar-refractivity contribution in [2.24, 2.45) is 0 Å². The molecule has 0 saturated heterocycles. The summed E-state index contributed by atoms with van der Waals surface area (Å²) in [4.78, 5) is 37.6. The Morgan fingerprint density at radius 2 is 1.75 bits per heavy atom. The van der Waals surface area contributed by atoms with Gasteiger partial charge in [0.15, 0.2) is 23.9 Å². The van der Waals surface area contributed by atoms with Crippen molar-refractivity contribution in [3.8, 4) is 22.9 Å². The Kier molecular flexibility index (Phi) is 9.04. The minimum absolute atomic E-state index is 0.111. The SMILES string of the molecule is CCOC(=O)c1nn(-c2ccccc2C)c(=O)cc1OCC(=O)NCCc1ccc(OC)c(OC)c1. The molecule has 36 heavy (non-hydrogen) atoms. The molecule has 1 aromatic heterocycles. The van der Waals surface area contributed by atoms with Crippen LogP contribution in [0.5, 0.6) is 17.2 Å². The first kappa shape index (κ1) is 26.3. The third kappa shape index (κ3) is 6.41. The molecule has 1 N–H and O–H groups in total. The number of nitrogens with zero attached hydrogens (tertiary/aromatic N) is 2. The molecule has 10 heteroatoms. The molecule has 0 aliphatic rings. The summed E-state index contributed by atoms with van der Waals surface area (Å²) in [5, 5.41) is 6.93. The van der Waals surface area contributed by atoms with E-state index in [4.69, 9.17) is 18.9 Å². The Hall–Kier alpha value is -4.34. The summed E-state index contributed by atoms with van der Waals surface area (Å²) in [6, 6.07) is 13.8. The Balaban J connectivity index is 1.69. The van der Waals surface area contributed by atoms with Gasteiger partial charge in [0, 0.05) is 6.54 Å². The zero-order valence-corrected chi connectivity index (χ0v) is 20.7. The van der Waals surface area contributed by atoms with Crippen molar-refractivity contribution < 1.29 is 28.5 Å². The molecule has 0 saturated carbocycles. The van der Waals surface area contributed by atoms with E-state index in [9.17, 15) is 14.4 Å². The van der Waals surface area contributed by atoms with E-state index >= 15 is 0 Å². The van der Waals surface area contributed by atoms with E-state index < -0.39 is 24.0 Å². The molecule has 0 atom stereocenters. The number of aromatic nitrogens is 2. The lowest BCUT2D eigenvalue weighted by molar-refractivity contribution is -0.123. The number of rotatable bonds is 11. The molecule has 10 nitrogen and oxygen atoms in total. The summed E-state index contributed by atoms with van der Waals surface area (Å²) in [5.41, 5.74) is 1.55. The van der Waals surface area contributed by atoms with Gasteiger partial charge in [-0.05, 0) is 49.6 Å². The maximum absolute atomic E-state index is 12.7. The number of carbonyl (C=O) groups is 2. The average molecular weight is 496 g/mol. The van der Waals surface area contributed by atoms with Crippen molar-refractivity contribution in [3.63, 3.8) is 0 Å². The largest absolute Gasteiger partial charge is 0.493 e. The molecule has 1 heterocycles. The van der Waals surface area contributed by atoms with Gasteiger partial charge in [0.2, 0.25) is 5.69 Å². The van der Waals surface area contributed by atoms with Crippen LogP contribution in [-0.4, -0.2) is 55.6 Å². The monoisotopic (exact) mass is 495 g/mol. The summed E-state index contributed by atoms with van der Waals surface area (Å²) in [5.74, 6) is -0.0893. The van der Waals surface area contributed by atoms with Gasteiger partial charge in [0.25, 0.3) is 11.5 Å². The Morgan fingerprint density at radius 3 is 2.44 bits per heavy atom. The van der Waals surface area contributed by atoms with Crippen LogP contribution in [0.15, 0.2) is 53.3 Å².